The number of hydrogen-bond acceptors (Lipinski definition) is 7. The van der Waals surface area contributed by atoms with Crippen LogP contribution in [-0.4, -0.2) is 23.1 Å². The first-order valence-corrected chi connectivity index (χ1v) is 13.4. The quantitative estimate of drug-likeness (QED) is 0.253. The maximum absolute atomic E-state index is 13.7. The smallest absolute Gasteiger partial charge is 0.343 e. The van der Waals surface area contributed by atoms with Gasteiger partial charge in [-0.3, -0.25) is 9.36 Å². The summed E-state index contributed by atoms with van der Waals surface area (Å²) in [4.78, 5) is 44.0. The number of fused-ring (bicyclic) bond motifs is 1. The van der Waals surface area contributed by atoms with E-state index >= 15 is 0 Å². The summed E-state index contributed by atoms with van der Waals surface area (Å²) in [7, 11) is 0. The SMILES string of the molecule is CCOC(=O)C1=C(C)N=c2sc(=Cc3ccc(OC(=O)c4ccc(Cl)cc4)cc3)c(=O)n2C1c1ccccc1. The first kappa shape index (κ1) is 26.3. The molecule has 1 atom stereocenters. The van der Waals surface area contributed by atoms with Crippen LogP contribution >= 0.6 is 22.9 Å². The topological polar surface area (TPSA) is 87.0 Å². The van der Waals surface area contributed by atoms with Crippen molar-refractivity contribution >= 4 is 41.0 Å². The third-order valence-corrected chi connectivity index (χ3v) is 7.34. The van der Waals surface area contributed by atoms with E-state index in [0.717, 1.165) is 11.1 Å². The van der Waals surface area contributed by atoms with Crippen LogP contribution in [0.2, 0.25) is 5.02 Å². The lowest BCUT2D eigenvalue weighted by Gasteiger charge is -2.24. The third-order valence-electron chi connectivity index (χ3n) is 6.10. The summed E-state index contributed by atoms with van der Waals surface area (Å²) in [6, 6.07) is 22.0. The van der Waals surface area contributed by atoms with Gasteiger partial charge in [0, 0.05) is 5.02 Å². The summed E-state index contributed by atoms with van der Waals surface area (Å²) >= 11 is 7.12. The highest BCUT2D eigenvalue weighted by Gasteiger charge is 2.33. The molecule has 1 aromatic heterocycles. The van der Waals surface area contributed by atoms with Gasteiger partial charge in [0.2, 0.25) is 0 Å². The molecule has 9 heteroatoms. The molecule has 196 valence electrons. The molecule has 0 saturated carbocycles. The number of halogens is 1. The summed E-state index contributed by atoms with van der Waals surface area (Å²) in [6.07, 6.45) is 1.75. The molecular formula is C30H23ClN2O5S. The van der Waals surface area contributed by atoms with Crippen molar-refractivity contribution in [3.05, 3.63) is 132 Å². The fraction of sp³-hybridized carbons (Fsp3) is 0.133. The van der Waals surface area contributed by atoms with Crippen molar-refractivity contribution in [1.29, 1.82) is 0 Å². The Morgan fingerprint density at radius 2 is 1.69 bits per heavy atom. The Bertz CT molecular complexity index is 1760. The van der Waals surface area contributed by atoms with E-state index in [1.54, 1.807) is 73.0 Å². The number of ether oxygens (including phenoxy) is 2. The van der Waals surface area contributed by atoms with Crippen molar-refractivity contribution in [2.45, 2.75) is 19.9 Å². The predicted molar refractivity (Wildman–Crippen MR) is 150 cm³/mol. The zero-order valence-electron chi connectivity index (χ0n) is 21.1. The first-order valence-electron chi connectivity index (χ1n) is 12.2. The zero-order chi connectivity index (χ0) is 27.5. The summed E-state index contributed by atoms with van der Waals surface area (Å²) in [5.41, 5.74) is 2.50. The van der Waals surface area contributed by atoms with Crippen molar-refractivity contribution in [3.8, 4) is 5.75 Å². The highest BCUT2D eigenvalue weighted by Crippen LogP contribution is 2.30. The number of hydrogen-bond donors (Lipinski definition) is 0. The number of benzene rings is 3. The molecule has 0 saturated heterocycles. The van der Waals surface area contributed by atoms with E-state index in [1.165, 1.54) is 11.3 Å². The zero-order valence-corrected chi connectivity index (χ0v) is 22.7. The third kappa shape index (κ3) is 5.48. The Hall–Kier alpha value is -4.27. The number of carbonyl (C=O) groups is 2. The summed E-state index contributed by atoms with van der Waals surface area (Å²) in [5.74, 6) is -0.626. The van der Waals surface area contributed by atoms with Crippen LogP contribution in [0.3, 0.4) is 0 Å². The van der Waals surface area contributed by atoms with Crippen LogP contribution in [0.4, 0.5) is 0 Å². The maximum atomic E-state index is 13.7. The van der Waals surface area contributed by atoms with E-state index in [4.69, 9.17) is 21.1 Å². The molecule has 0 N–H and O–H groups in total. The minimum absolute atomic E-state index is 0.215. The van der Waals surface area contributed by atoms with Gasteiger partial charge in [0.1, 0.15) is 5.75 Å². The summed E-state index contributed by atoms with van der Waals surface area (Å²) < 4.78 is 12.8. The van der Waals surface area contributed by atoms with Gasteiger partial charge in [-0.25, -0.2) is 14.6 Å². The molecule has 2 heterocycles. The molecule has 4 aromatic rings. The van der Waals surface area contributed by atoms with Gasteiger partial charge in [-0.1, -0.05) is 65.4 Å². The molecule has 0 fully saturated rings. The molecule has 7 nitrogen and oxygen atoms in total. The molecule has 1 aliphatic rings. The summed E-state index contributed by atoms with van der Waals surface area (Å²) in [6.45, 7) is 3.71. The number of thiazole rings is 1. The second-order valence-corrected chi connectivity index (χ2v) is 10.1. The average Bonchev–Trinajstić information content (AvgIpc) is 3.23. The molecule has 0 spiro atoms. The molecule has 0 radical (unpaired) electrons. The molecule has 0 amide bonds. The van der Waals surface area contributed by atoms with Crippen molar-refractivity contribution in [3.63, 3.8) is 0 Å². The Morgan fingerprint density at radius 1 is 1.00 bits per heavy atom. The Balaban J connectivity index is 1.49. The van der Waals surface area contributed by atoms with Crippen LogP contribution in [0.5, 0.6) is 5.75 Å². The summed E-state index contributed by atoms with van der Waals surface area (Å²) in [5, 5.41) is 0.531. The number of allylic oxidation sites excluding steroid dienone is 1. The molecule has 5 rings (SSSR count). The number of rotatable bonds is 6. The van der Waals surface area contributed by atoms with Crippen LogP contribution in [0.1, 0.15) is 41.4 Å². The predicted octanol–water partition coefficient (Wildman–Crippen LogP) is 4.67. The van der Waals surface area contributed by atoms with Crippen molar-refractivity contribution in [2.75, 3.05) is 6.61 Å². The molecule has 1 unspecified atom stereocenters. The van der Waals surface area contributed by atoms with Gasteiger partial charge >= 0.3 is 11.9 Å². The monoisotopic (exact) mass is 558 g/mol. The van der Waals surface area contributed by atoms with E-state index in [2.05, 4.69) is 4.99 Å². The minimum atomic E-state index is -0.654. The highest BCUT2D eigenvalue weighted by molar-refractivity contribution is 7.07. The Kier molecular flexibility index (Phi) is 7.58. The fourth-order valence-electron chi connectivity index (χ4n) is 4.28. The van der Waals surface area contributed by atoms with Gasteiger partial charge in [-0.2, -0.15) is 0 Å². The van der Waals surface area contributed by atoms with Crippen molar-refractivity contribution < 1.29 is 19.1 Å². The van der Waals surface area contributed by atoms with Gasteiger partial charge in [0.25, 0.3) is 5.56 Å². The molecule has 39 heavy (non-hydrogen) atoms. The molecule has 3 aromatic carbocycles. The normalized spacial score (nSPS) is 14.9. The van der Waals surface area contributed by atoms with Gasteiger partial charge < -0.3 is 9.47 Å². The van der Waals surface area contributed by atoms with Gasteiger partial charge in [-0.15, -0.1) is 0 Å². The Labute approximate surface area is 232 Å². The van der Waals surface area contributed by atoms with Gasteiger partial charge in [0.15, 0.2) is 4.80 Å². The van der Waals surface area contributed by atoms with E-state index in [9.17, 15) is 14.4 Å². The number of nitrogens with zero attached hydrogens (tertiary/aromatic N) is 2. The fourth-order valence-corrected chi connectivity index (χ4v) is 5.45. The van der Waals surface area contributed by atoms with Gasteiger partial charge in [-0.05, 0) is 67.4 Å². The molecule has 0 aliphatic carbocycles. The lowest BCUT2D eigenvalue weighted by Crippen LogP contribution is -2.39. The standard InChI is InChI=1S/C30H23ClN2O5S/c1-3-37-29(36)25-18(2)32-30-33(26(25)20-7-5-4-6-8-20)27(34)24(39-30)17-19-9-15-23(16-10-19)38-28(35)21-11-13-22(31)14-12-21/h4-17,26H,3H2,1-2H3. The molecular weight excluding hydrogens is 536 g/mol. The number of esters is 2. The first-order chi connectivity index (χ1) is 18.9. The van der Waals surface area contributed by atoms with E-state index < -0.39 is 18.0 Å². The second-order valence-electron chi connectivity index (χ2n) is 8.68. The van der Waals surface area contributed by atoms with Crippen LogP contribution in [-0.2, 0) is 9.53 Å². The lowest BCUT2D eigenvalue weighted by molar-refractivity contribution is -0.139. The lowest BCUT2D eigenvalue weighted by atomic mass is 9.96. The van der Waals surface area contributed by atoms with Gasteiger partial charge in [0.05, 0.1) is 34.0 Å². The van der Waals surface area contributed by atoms with Crippen LogP contribution in [0, 0.1) is 0 Å². The maximum Gasteiger partial charge on any atom is 0.343 e. The van der Waals surface area contributed by atoms with Crippen LogP contribution < -0.4 is 19.6 Å². The van der Waals surface area contributed by atoms with Crippen LogP contribution in [0.25, 0.3) is 6.08 Å². The van der Waals surface area contributed by atoms with E-state index in [1.807, 2.05) is 30.3 Å². The average molecular weight is 559 g/mol. The number of aromatic nitrogens is 1. The van der Waals surface area contributed by atoms with E-state index in [-0.39, 0.29) is 12.2 Å². The van der Waals surface area contributed by atoms with Crippen LogP contribution in [0.15, 0.2) is 99.9 Å². The largest absolute Gasteiger partial charge is 0.463 e. The molecule has 0 bridgehead atoms. The van der Waals surface area contributed by atoms with Crippen molar-refractivity contribution in [1.82, 2.24) is 4.57 Å². The Morgan fingerprint density at radius 3 is 2.36 bits per heavy atom. The highest BCUT2D eigenvalue weighted by atomic mass is 35.5. The van der Waals surface area contributed by atoms with E-state index in [0.29, 0.717) is 36.9 Å². The molecule has 1 aliphatic heterocycles. The van der Waals surface area contributed by atoms with Crippen molar-refractivity contribution in [2.24, 2.45) is 4.99 Å². The second kappa shape index (κ2) is 11.2. The number of carbonyl (C=O) groups excluding carboxylic acids is 2. The minimum Gasteiger partial charge on any atom is -0.463 e.